The first-order valence-corrected chi connectivity index (χ1v) is 7.75. The highest BCUT2D eigenvalue weighted by Gasteiger charge is 2.36. The smallest absolute Gasteiger partial charge is 0.431 e. The first-order valence-electron chi connectivity index (χ1n) is 7.37. The van der Waals surface area contributed by atoms with Crippen LogP contribution in [0, 0.1) is 12.7 Å². The fraction of sp³-hybridized carbons (Fsp3) is 0.353. The molecule has 8 heteroatoms. The van der Waals surface area contributed by atoms with E-state index < -0.39 is 23.2 Å². The lowest BCUT2D eigenvalue weighted by molar-refractivity contribution is -0.144. The molecule has 0 aliphatic rings. The van der Waals surface area contributed by atoms with Crippen molar-refractivity contribution in [3.8, 4) is 16.9 Å². The van der Waals surface area contributed by atoms with Gasteiger partial charge in [0, 0.05) is 12.6 Å². The van der Waals surface area contributed by atoms with Crippen LogP contribution in [0.5, 0.6) is 5.75 Å². The molecule has 1 heterocycles. The Balaban J connectivity index is 2.74. The zero-order chi connectivity index (χ0) is 19.1. The van der Waals surface area contributed by atoms with E-state index >= 15 is 0 Å². The van der Waals surface area contributed by atoms with E-state index in [1.54, 1.807) is 13.8 Å². The Hall–Kier alpha value is -2.02. The van der Waals surface area contributed by atoms with E-state index in [1.165, 1.54) is 13.0 Å². The van der Waals surface area contributed by atoms with Gasteiger partial charge in [0.2, 0.25) is 0 Å². The van der Waals surface area contributed by atoms with Crippen LogP contribution in [0.25, 0.3) is 11.1 Å². The minimum atomic E-state index is -4.69. The quantitative estimate of drug-likeness (QED) is 0.708. The third-order valence-electron chi connectivity index (χ3n) is 3.55. The van der Waals surface area contributed by atoms with Gasteiger partial charge in [-0.15, -0.1) is 0 Å². The van der Waals surface area contributed by atoms with Crippen molar-refractivity contribution in [2.75, 3.05) is 0 Å². The number of nitrogens with zero attached hydrogens (tertiary/aromatic N) is 1. The molecule has 0 aliphatic carbocycles. The maximum Gasteiger partial charge on any atom is 0.431 e. The van der Waals surface area contributed by atoms with Crippen LogP contribution in [0.2, 0.25) is 5.02 Å². The number of benzene rings is 1. The van der Waals surface area contributed by atoms with Gasteiger partial charge in [-0.3, -0.25) is 4.79 Å². The van der Waals surface area contributed by atoms with Crippen LogP contribution in [-0.2, 0) is 13.2 Å². The molecule has 0 atom stereocenters. The molecule has 0 spiro atoms. The van der Waals surface area contributed by atoms with Gasteiger partial charge in [0.25, 0.3) is 5.56 Å². The molecule has 3 nitrogen and oxygen atoms in total. The normalized spacial score (nSPS) is 11.9. The van der Waals surface area contributed by atoms with Gasteiger partial charge < -0.3 is 9.30 Å². The van der Waals surface area contributed by atoms with Crippen LogP contribution in [0.1, 0.15) is 25.1 Å². The monoisotopic (exact) mass is 377 g/mol. The van der Waals surface area contributed by atoms with E-state index in [-0.39, 0.29) is 33.6 Å². The van der Waals surface area contributed by atoms with Crippen LogP contribution >= 0.6 is 11.6 Å². The highest BCUT2D eigenvalue weighted by atomic mass is 35.5. The number of aryl methyl sites for hydroxylation is 1. The molecule has 0 amide bonds. The zero-order valence-corrected chi connectivity index (χ0v) is 14.7. The molecule has 0 N–H and O–H groups in total. The summed E-state index contributed by atoms with van der Waals surface area (Å²) < 4.78 is 59.5. The maximum atomic E-state index is 14.3. The second-order valence-electron chi connectivity index (χ2n) is 5.88. The van der Waals surface area contributed by atoms with Gasteiger partial charge in [-0.25, -0.2) is 4.39 Å². The summed E-state index contributed by atoms with van der Waals surface area (Å²) >= 11 is 5.92. The summed E-state index contributed by atoms with van der Waals surface area (Å²) in [5.41, 5.74) is -2.59. The van der Waals surface area contributed by atoms with Crippen molar-refractivity contribution in [3.63, 3.8) is 0 Å². The van der Waals surface area contributed by atoms with Crippen molar-refractivity contribution in [1.82, 2.24) is 4.57 Å². The highest BCUT2D eigenvalue weighted by Crippen LogP contribution is 2.35. The molecule has 2 aromatic rings. The van der Waals surface area contributed by atoms with Crippen LogP contribution < -0.4 is 10.3 Å². The topological polar surface area (TPSA) is 31.2 Å². The molecule has 1 aromatic heterocycles. The fourth-order valence-electron chi connectivity index (χ4n) is 2.58. The number of alkyl halides is 3. The van der Waals surface area contributed by atoms with Crippen molar-refractivity contribution in [3.05, 3.63) is 50.7 Å². The molecule has 25 heavy (non-hydrogen) atoms. The van der Waals surface area contributed by atoms with Crippen molar-refractivity contribution >= 4 is 11.6 Å². The fourth-order valence-corrected chi connectivity index (χ4v) is 2.77. The maximum absolute atomic E-state index is 14.3. The standard InChI is InChI=1S/C17H16ClF4NO2/c1-8(2)25-14-6-10(13(19)7-12(14)18)11-5-9(3)15(17(20,21)22)23(4)16(11)24/h5-8H,1-4H3. The largest absolute Gasteiger partial charge is 0.489 e. The molecule has 1 aromatic carbocycles. The van der Waals surface area contributed by atoms with Gasteiger partial charge in [0.05, 0.1) is 16.7 Å². The Kier molecular flexibility index (Phi) is 5.18. The van der Waals surface area contributed by atoms with Crippen molar-refractivity contribution in [2.45, 2.75) is 33.1 Å². The number of pyridine rings is 1. The number of rotatable bonds is 3. The van der Waals surface area contributed by atoms with E-state index in [0.717, 1.165) is 19.2 Å². The highest BCUT2D eigenvalue weighted by molar-refractivity contribution is 6.32. The summed E-state index contributed by atoms with van der Waals surface area (Å²) in [5, 5.41) is 0.00964. The zero-order valence-electron chi connectivity index (χ0n) is 14.0. The van der Waals surface area contributed by atoms with Crippen molar-refractivity contribution in [1.29, 1.82) is 0 Å². The van der Waals surface area contributed by atoms with Crippen LogP contribution in [0.15, 0.2) is 23.0 Å². The molecule has 0 saturated carbocycles. The Labute approximate surface area is 146 Å². The van der Waals surface area contributed by atoms with Gasteiger partial charge in [0.1, 0.15) is 17.3 Å². The van der Waals surface area contributed by atoms with E-state index in [1.807, 2.05) is 0 Å². The summed E-state index contributed by atoms with van der Waals surface area (Å²) in [6, 6.07) is 3.22. The average molecular weight is 378 g/mol. The second kappa shape index (κ2) is 6.71. The third kappa shape index (κ3) is 3.81. The number of hydrogen-bond donors (Lipinski definition) is 0. The third-order valence-corrected chi connectivity index (χ3v) is 3.84. The molecule has 0 unspecified atom stereocenters. The summed E-state index contributed by atoms with van der Waals surface area (Å²) in [4.78, 5) is 12.4. The van der Waals surface area contributed by atoms with Gasteiger partial charge in [-0.2, -0.15) is 13.2 Å². The Morgan fingerprint density at radius 1 is 1.16 bits per heavy atom. The van der Waals surface area contributed by atoms with Gasteiger partial charge >= 0.3 is 6.18 Å². The molecule has 0 fully saturated rings. The summed E-state index contributed by atoms with van der Waals surface area (Å²) in [6.45, 7) is 4.69. The average Bonchev–Trinajstić information content (AvgIpc) is 2.44. The molecular weight excluding hydrogens is 362 g/mol. The predicted molar refractivity (Wildman–Crippen MR) is 87.6 cm³/mol. The summed E-state index contributed by atoms with van der Waals surface area (Å²) in [7, 11) is 1.00. The molecular formula is C17H16ClF4NO2. The Morgan fingerprint density at radius 2 is 1.76 bits per heavy atom. The molecule has 0 saturated heterocycles. The number of ether oxygens (including phenoxy) is 1. The molecule has 2 rings (SSSR count). The first kappa shape index (κ1) is 19.3. The van der Waals surface area contributed by atoms with Crippen molar-refractivity contribution < 1.29 is 22.3 Å². The lowest BCUT2D eigenvalue weighted by Gasteiger charge is -2.17. The summed E-state index contributed by atoms with van der Waals surface area (Å²) in [5.74, 6) is -0.676. The van der Waals surface area contributed by atoms with E-state index in [9.17, 15) is 22.4 Å². The Morgan fingerprint density at radius 3 is 2.28 bits per heavy atom. The van der Waals surface area contributed by atoms with E-state index in [0.29, 0.717) is 4.57 Å². The van der Waals surface area contributed by atoms with E-state index in [4.69, 9.17) is 16.3 Å². The van der Waals surface area contributed by atoms with Crippen LogP contribution in [-0.4, -0.2) is 10.7 Å². The number of hydrogen-bond acceptors (Lipinski definition) is 2. The molecule has 0 aliphatic heterocycles. The van der Waals surface area contributed by atoms with Crippen LogP contribution in [0.3, 0.4) is 0 Å². The van der Waals surface area contributed by atoms with E-state index in [2.05, 4.69) is 0 Å². The first-order chi connectivity index (χ1) is 11.4. The minimum Gasteiger partial charge on any atom is -0.489 e. The van der Waals surface area contributed by atoms with Crippen molar-refractivity contribution in [2.24, 2.45) is 7.05 Å². The second-order valence-corrected chi connectivity index (χ2v) is 6.29. The number of aromatic nitrogens is 1. The minimum absolute atomic E-state index is 0.00964. The lowest BCUT2D eigenvalue weighted by atomic mass is 10.0. The van der Waals surface area contributed by atoms with Gasteiger partial charge in [-0.05, 0) is 44.5 Å². The van der Waals surface area contributed by atoms with Gasteiger partial charge in [-0.1, -0.05) is 11.6 Å². The Bertz CT molecular complexity index is 872. The predicted octanol–water partition coefficient (Wildman–Crippen LogP) is 4.96. The van der Waals surface area contributed by atoms with Crippen LogP contribution in [0.4, 0.5) is 17.6 Å². The lowest BCUT2D eigenvalue weighted by Crippen LogP contribution is -2.28. The molecule has 0 bridgehead atoms. The molecule has 0 radical (unpaired) electrons. The summed E-state index contributed by atoms with van der Waals surface area (Å²) in [6.07, 6.45) is -4.95. The van der Waals surface area contributed by atoms with Gasteiger partial charge in [0.15, 0.2) is 0 Å². The SMILES string of the molecule is Cc1cc(-c2cc(OC(C)C)c(Cl)cc2F)c(=O)n(C)c1C(F)(F)F. The number of halogens is 5. The molecule has 136 valence electrons.